The number of hydrogen-bond donors (Lipinski definition) is 2. The van der Waals surface area contributed by atoms with Gasteiger partial charge in [-0.3, -0.25) is 0 Å². The summed E-state index contributed by atoms with van der Waals surface area (Å²) in [5.74, 6) is 0.792. The van der Waals surface area contributed by atoms with Crippen molar-refractivity contribution in [3.05, 3.63) is 0 Å². The third-order valence-electron chi connectivity index (χ3n) is 2.68. The van der Waals surface area contributed by atoms with E-state index in [0.717, 1.165) is 25.3 Å². The second-order valence-corrected chi connectivity index (χ2v) is 4.00. The third kappa shape index (κ3) is 2.80. The second-order valence-electron chi connectivity index (χ2n) is 4.00. The minimum Gasteiger partial charge on any atom is -0.390 e. The molecule has 0 radical (unpaired) electrons. The highest BCUT2D eigenvalue weighted by atomic mass is 16.3. The average molecular weight is 157 g/mol. The van der Waals surface area contributed by atoms with Gasteiger partial charge in [-0.2, -0.15) is 0 Å². The Morgan fingerprint density at radius 3 is 2.45 bits per heavy atom. The molecule has 66 valence electrons. The number of hydrogen-bond acceptors (Lipinski definition) is 2. The molecule has 0 aromatic heterocycles. The quantitative estimate of drug-likeness (QED) is 0.630. The fourth-order valence-electron chi connectivity index (χ4n) is 1.79. The zero-order valence-electron chi connectivity index (χ0n) is 7.56. The minimum atomic E-state index is -0.371. The zero-order valence-corrected chi connectivity index (χ0v) is 7.56. The lowest BCUT2D eigenvalue weighted by Crippen LogP contribution is -2.33. The van der Waals surface area contributed by atoms with Gasteiger partial charge in [0.2, 0.25) is 0 Å². The Morgan fingerprint density at radius 1 is 1.45 bits per heavy atom. The highest BCUT2D eigenvalue weighted by Gasteiger charge is 2.27. The zero-order chi connectivity index (χ0) is 8.32. The first-order valence-corrected chi connectivity index (χ1v) is 4.51. The second kappa shape index (κ2) is 3.55. The van der Waals surface area contributed by atoms with Crippen LogP contribution in [0.4, 0.5) is 0 Å². The first kappa shape index (κ1) is 9.01. The van der Waals surface area contributed by atoms with Crippen LogP contribution in [-0.2, 0) is 0 Å². The van der Waals surface area contributed by atoms with Crippen LogP contribution in [0.15, 0.2) is 0 Å². The van der Waals surface area contributed by atoms with Crippen LogP contribution in [-0.4, -0.2) is 24.3 Å². The maximum absolute atomic E-state index is 9.64. The molecule has 11 heavy (non-hydrogen) atoms. The van der Waals surface area contributed by atoms with Crippen molar-refractivity contribution in [2.24, 2.45) is 5.92 Å². The largest absolute Gasteiger partial charge is 0.390 e. The van der Waals surface area contributed by atoms with Gasteiger partial charge in [-0.05, 0) is 52.1 Å². The third-order valence-corrected chi connectivity index (χ3v) is 2.68. The van der Waals surface area contributed by atoms with E-state index in [1.54, 1.807) is 0 Å². The van der Waals surface area contributed by atoms with Crippen LogP contribution in [0.5, 0.6) is 0 Å². The topological polar surface area (TPSA) is 32.3 Å². The monoisotopic (exact) mass is 157 g/mol. The van der Waals surface area contributed by atoms with Gasteiger partial charge in [0.05, 0.1) is 5.60 Å². The van der Waals surface area contributed by atoms with Crippen molar-refractivity contribution in [2.75, 3.05) is 13.6 Å². The lowest BCUT2D eigenvalue weighted by molar-refractivity contribution is 0.00844. The fourth-order valence-corrected chi connectivity index (χ4v) is 1.79. The SMILES string of the molecule is CNC[C@H]1CC[C@](C)(O)CC1. The van der Waals surface area contributed by atoms with Crippen molar-refractivity contribution < 1.29 is 5.11 Å². The van der Waals surface area contributed by atoms with E-state index in [-0.39, 0.29) is 5.60 Å². The molecule has 2 nitrogen and oxygen atoms in total. The van der Waals surface area contributed by atoms with Crippen molar-refractivity contribution in [3.63, 3.8) is 0 Å². The number of nitrogens with one attached hydrogen (secondary N) is 1. The van der Waals surface area contributed by atoms with E-state index in [1.165, 1.54) is 12.8 Å². The highest BCUT2D eigenvalue weighted by Crippen LogP contribution is 2.30. The summed E-state index contributed by atoms with van der Waals surface area (Å²) in [5.41, 5.74) is -0.371. The van der Waals surface area contributed by atoms with Gasteiger partial charge in [0.25, 0.3) is 0 Å². The summed E-state index contributed by atoms with van der Waals surface area (Å²) in [7, 11) is 1.99. The minimum absolute atomic E-state index is 0.371. The molecule has 1 rings (SSSR count). The van der Waals surface area contributed by atoms with Crippen LogP contribution in [0, 0.1) is 5.92 Å². The van der Waals surface area contributed by atoms with Crippen LogP contribution in [0.3, 0.4) is 0 Å². The standard InChI is InChI=1S/C9H19NO/c1-9(11)5-3-8(4-6-9)7-10-2/h8,10-11H,3-7H2,1-2H3/t8-,9-. The maximum atomic E-state index is 9.64. The molecule has 0 amide bonds. The molecular weight excluding hydrogens is 138 g/mol. The summed E-state index contributed by atoms with van der Waals surface area (Å²) in [6, 6.07) is 0. The van der Waals surface area contributed by atoms with Gasteiger partial charge >= 0.3 is 0 Å². The molecule has 1 fully saturated rings. The molecule has 0 aromatic rings. The van der Waals surface area contributed by atoms with Gasteiger partial charge in [-0.15, -0.1) is 0 Å². The van der Waals surface area contributed by atoms with Gasteiger partial charge in [0.1, 0.15) is 0 Å². The fraction of sp³-hybridized carbons (Fsp3) is 1.00. The average Bonchev–Trinajstić information content (AvgIpc) is 1.94. The Hall–Kier alpha value is -0.0800. The van der Waals surface area contributed by atoms with E-state index < -0.39 is 0 Å². The normalized spacial score (nSPS) is 39.0. The Kier molecular flexibility index (Phi) is 2.90. The van der Waals surface area contributed by atoms with Crippen molar-refractivity contribution in [3.8, 4) is 0 Å². The molecule has 0 bridgehead atoms. The Balaban J connectivity index is 2.25. The van der Waals surface area contributed by atoms with E-state index in [9.17, 15) is 5.11 Å². The maximum Gasteiger partial charge on any atom is 0.0620 e. The molecule has 0 aliphatic heterocycles. The smallest absolute Gasteiger partial charge is 0.0620 e. The highest BCUT2D eigenvalue weighted by molar-refractivity contribution is 4.81. The molecule has 0 saturated heterocycles. The van der Waals surface area contributed by atoms with Gasteiger partial charge in [-0.1, -0.05) is 0 Å². The molecule has 0 unspecified atom stereocenters. The lowest BCUT2D eigenvalue weighted by Gasteiger charge is -2.32. The molecular formula is C9H19NO. The Bertz CT molecular complexity index is 113. The summed E-state index contributed by atoms with van der Waals surface area (Å²) < 4.78 is 0. The van der Waals surface area contributed by atoms with Crippen LogP contribution in [0.25, 0.3) is 0 Å². The predicted molar refractivity (Wildman–Crippen MR) is 46.5 cm³/mol. The molecule has 0 spiro atoms. The van der Waals surface area contributed by atoms with E-state index in [4.69, 9.17) is 0 Å². The van der Waals surface area contributed by atoms with Crippen molar-refractivity contribution in [1.82, 2.24) is 5.32 Å². The summed E-state index contributed by atoms with van der Waals surface area (Å²) in [4.78, 5) is 0. The van der Waals surface area contributed by atoms with E-state index >= 15 is 0 Å². The molecule has 1 saturated carbocycles. The first-order chi connectivity index (χ1) is 5.14. The van der Waals surface area contributed by atoms with Gasteiger partial charge in [0.15, 0.2) is 0 Å². The molecule has 0 aromatic carbocycles. The van der Waals surface area contributed by atoms with Gasteiger partial charge in [-0.25, -0.2) is 0 Å². The van der Waals surface area contributed by atoms with Gasteiger partial charge < -0.3 is 10.4 Å². The molecule has 2 heteroatoms. The Morgan fingerprint density at radius 2 is 2.00 bits per heavy atom. The van der Waals surface area contributed by atoms with Crippen LogP contribution < -0.4 is 5.32 Å². The van der Waals surface area contributed by atoms with Crippen molar-refractivity contribution in [2.45, 2.75) is 38.2 Å². The van der Waals surface area contributed by atoms with Crippen LogP contribution >= 0.6 is 0 Å². The van der Waals surface area contributed by atoms with Crippen molar-refractivity contribution in [1.29, 1.82) is 0 Å². The molecule has 0 heterocycles. The summed E-state index contributed by atoms with van der Waals surface area (Å²) >= 11 is 0. The summed E-state index contributed by atoms with van der Waals surface area (Å²) in [6.45, 7) is 3.05. The van der Waals surface area contributed by atoms with Crippen molar-refractivity contribution >= 4 is 0 Å². The molecule has 0 atom stereocenters. The molecule has 1 aliphatic rings. The first-order valence-electron chi connectivity index (χ1n) is 4.51. The molecule has 2 N–H and O–H groups in total. The Labute approximate surface area is 69.0 Å². The van der Waals surface area contributed by atoms with Crippen LogP contribution in [0.2, 0.25) is 0 Å². The van der Waals surface area contributed by atoms with E-state index in [0.29, 0.717) is 0 Å². The lowest BCUT2D eigenvalue weighted by atomic mass is 9.80. The number of rotatable bonds is 2. The summed E-state index contributed by atoms with van der Waals surface area (Å²) in [5, 5.41) is 12.8. The van der Waals surface area contributed by atoms with E-state index in [1.807, 2.05) is 14.0 Å². The van der Waals surface area contributed by atoms with Gasteiger partial charge in [0, 0.05) is 0 Å². The van der Waals surface area contributed by atoms with Crippen LogP contribution in [0.1, 0.15) is 32.6 Å². The molecule has 1 aliphatic carbocycles. The number of aliphatic hydroxyl groups is 1. The summed E-state index contributed by atoms with van der Waals surface area (Å²) in [6.07, 6.45) is 4.29. The predicted octanol–water partition coefficient (Wildman–Crippen LogP) is 1.15. The van der Waals surface area contributed by atoms with E-state index in [2.05, 4.69) is 5.32 Å².